The third kappa shape index (κ3) is 4.76. The fourth-order valence-corrected chi connectivity index (χ4v) is 3.96. The normalized spacial score (nSPS) is 15.2. The fraction of sp³-hybridized carbons (Fsp3) is 0.348. The van der Waals surface area contributed by atoms with E-state index in [0.717, 1.165) is 23.4 Å². The largest absolute Gasteiger partial charge is 0.491 e. The van der Waals surface area contributed by atoms with E-state index >= 15 is 0 Å². The number of aryl methyl sites for hydroxylation is 2. The molecule has 0 spiro atoms. The summed E-state index contributed by atoms with van der Waals surface area (Å²) in [6, 6.07) is 17.9. The molecule has 0 unspecified atom stereocenters. The molecule has 1 fully saturated rings. The fourth-order valence-electron chi connectivity index (χ4n) is 3.96. The number of hydrogen-bond donors (Lipinski definition) is 0. The van der Waals surface area contributed by atoms with Crippen molar-refractivity contribution in [3.8, 4) is 0 Å². The average Bonchev–Trinajstić information content (AvgIpc) is 3.16. The van der Waals surface area contributed by atoms with Crippen LogP contribution in [-0.4, -0.2) is 40.8 Å². The monoisotopic (exact) mass is 445 g/mol. The van der Waals surface area contributed by atoms with Crippen LogP contribution in [0.5, 0.6) is 0 Å². The minimum absolute atomic E-state index is 0.284. The van der Waals surface area contributed by atoms with Crippen molar-refractivity contribution in [1.82, 2.24) is 9.55 Å². The number of rotatable bonds is 5. The average molecular weight is 445 g/mol. The number of fused-ring (bicyclic) bond motifs is 1. The topological polar surface area (TPSA) is 64.4 Å². The van der Waals surface area contributed by atoms with E-state index in [1.165, 1.54) is 5.56 Å². The number of hydrogen-bond acceptors (Lipinski definition) is 5. The van der Waals surface area contributed by atoms with Gasteiger partial charge in [0.15, 0.2) is 0 Å². The summed E-state index contributed by atoms with van der Waals surface area (Å²) in [5.74, 6) is -3.57. The van der Waals surface area contributed by atoms with Crippen LogP contribution in [0.2, 0.25) is 0 Å². The Hall–Kier alpha value is -3.36. The molecule has 0 aliphatic carbocycles. The molecule has 0 radical (unpaired) electrons. The Morgan fingerprint density at radius 1 is 1.00 bits per heavy atom. The second kappa shape index (κ2) is 9.02. The van der Waals surface area contributed by atoms with Gasteiger partial charge in [0, 0.05) is 19.6 Å². The molecule has 0 saturated carbocycles. The molecule has 1 saturated heterocycles. The summed E-state index contributed by atoms with van der Waals surface area (Å²) in [7, 11) is 0. The number of aromatic nitrogens is 2. The predicted molar refractivity (Wildman–Crippen MR) is 112 cm³/mol. The maximum absolute atomic E-state index is 12.4. The molecule has 32 heavy (non-hydrogen) atoms. The van der Waals surface area contributed by atoms with E-state index in [1.54, 1.807) is 0 Å². The Bertz CT molecular complexity index is 1100. The maximum Gasteiger partial charge on any atom is 0.491 e. The number of imidazole rings is 1. The predicted octanol–water partition coefficient (Wildman–Crippen LogP) is 4.13. The van der Waals surface area contributed by atoms with Crippen LogP contribution in [0.3, 0.4) is 0 Å². The third-order valence-corrected chi connectivity index (χ3v) is 5.64. The lowest BCUT2D eigenvalue weighted by Crippen LogP contribution is -2.40. The van der Waals surface area contributed by atoms with Crippen molar-refractivity contribution >= 4 is 28.9 Å². The van der Waals surface area contributed by atoms with Crippen molar-refractivity contribution in [1.29, 1.82) is 0 Å². The summed E-state index contributed by atoms with van der Waals surface area (Å²) in [6.07, 6.45) is -3.80. The van der Waals surface area contributed by atoms with E-state index in [2.05, 4.69) is 21.4 Å². The number of esters is 2. The Labute approximate surface area is 182 Å². The Balaban J connectivity index is 1.47. The highest BCUT2D eigenvalue weighted by atomic mass is 19.4. The van der Waals surface area contributed by atoms with Crippen molar-refractivity contribution in [2.45, 2.75) is 32.0 Å². The molecule has 1 aliphatic rings. The molecular weight excluding hydrogens is 423 g/mol. The van der Waals surface area contributed by atoms with Crippen molar-refractivity contribution in [3.05, 3.63) is 60.2 Å². The van der Waals surface area contributed by atoms with Crippen LogP contribution in [0.15, 0.2) is 54.6 Å². The second-order valence-corrected chi connectivity index (χ2v) is 7.76. The number of ether oxygens (including phenoxy) is 1. The smallest absolute Gasteiger partial charge is 0.386 e. The zero-order valence-corrected chi connectivity index (χ0v) is 17.2. The summed E-state index contributed by atoms with van der Waals surface area (Å²) in [4.78, 5) is 29.7. The molecule has 4 rings (SSSR count). The van der Waals surface area contributed by atoms with E-state index < -0.39 is 24.0 Å². The Morgan fingerprint density at radius 3 is 2.34 bits per heavy atom. The van der Waals surface area contributed by atoms with Gasteiger partial charge in [-0.15, -0.1) is 0 Å². The molecule has 1 aliphatic heterocycles. The molecule has 0 atom stereocenters. The Morgan fingerprint density at radius 2 is 1.66 bits per heavy atom. The molecular formula is C23H22F3N3O3. The number of halogens is 3. The highest BCUT2D eigenvalue weighted by Crippen LogP contribution is 2.28. The first-order chi connectivity index (χ1) is 15.3. The molecule has 2 aromatic carbocycles. The third-order valence-electron chi connectivity index (χ3n) is 5.64. The van der Waals surface area contributed by atoms with Gasteiger partial charge >= 0.3 is 18.1 Å². The molecule has 2 heterocycles. The van der Waals surface area contributed by atoms with Gasteiger partial charge in [0.1, 0.15) is 0 Å². The van der Waals surface area contributed by atoms with Gasteiger partial charge < -0.3 is 14.2 Å². The Kier molecular flexibility index (Phi) is 6.16. The number of anilines is 1. The lowest BCUT2D eigenvalue weighted by Gasteiger charge is -2.32. The maximum atomic E-state index is 12.4. The number of alkyl halides is 3. The van der Waals surface area contributed by atoms with Crippen molar-refractivity contribution < 1.29 is 27.5 Å². The van der Waals surface area contributed by atoms with Gasteiger partial charge in [0.25, 0.3) is 0 Å². The molecule has 168 valence electrons. The summed E-state index contributed by atoms with van der Waals surface area (Å²) in [6.45, 7) is 1.56. The van der Waals surface area contributed by atoms with Crippen LogP contribution in [0.4, 0.5) is 19.1 Å². The summed E-state index contributed by atoms with van der Waals surface area (Å²) >= 11 is 0. The second-order valence-electron chi connectivity index (χ2n) is 7.76. The van der Waals surface area contributed by atoms with E-state index in [1.807, 2.05) is 47.4 Å². The number of benzene rings is 2. The van der Waals surface area contributed by atoms with Crippen molar-refractivity contribution in [3.63, 3.8) is 0 Å². The minimum Gasteiger partial charge on any atom is -0.386 e. The number of carbonyl (C=O) groups excluding carboxylic acids is 2. The summed E-state index contributed by atoms with van der Waals surface area (Å²) in [5, 5.41) is 0. The van der Waals surface area contributed by atoms with Crippen LogP contribution < -0.4 is 4.90 Å². The van der Waals surface area contributed by atoms with E-state index in [4.69, 9.17) is 4.98 Å². The summed E-state index contributed by atoms with van der Waals surface area (Å²) in [5.41, 5.74) is 3.05. The van der Waals surface area contributed by atoms with Crippen LogP contribution in [-0.2, 0) is 27.3 Å². The van der Waals surface area contributed by atoms with Gasteiger partial charge in [-0.1, -0.05) is 42.5 Å². The van der Waals surface area contributed by atoms with Gasteiger partial charge in [-0.2, -0.15) is 13.2 Å². The zero-order valence-electron chi connectivity index (χ0n) is 17.2. The van der Waals surface area contributed by atoms with Gasteiger partial charge in [-0.05, 0) is 37.0 Å². The highest BCUT2D eigenvalue weighted by Gasteiger charge is 2.43. The number of para-hydroxylation sites is 2. The van der Waals surface area contributed by atoms with E-state index in [0.29, 0.717) is 19.6 Å². The molecule has 0 N–H and O–H groups in total. The highest BCUT2D eigenvalue weighted by molar-refractivity contribution is 5.89. The van der Waals surface area contributed by atoms with Gasteiger partial charge in [-0.3, -0.25) is 4.79 Å². The quantitative estimate of drug-likeness (QED) is 0.437. The van der Waals surface area contributed by atoms with Crippen molar-refractivity contribution in [2.24, 2.45) is 5.92 Å². The van der Waals surface area contributed by atoms with Crippen molar-refractivity contribution in [2.75, 3.05) is 18.0 Å². The molecule has 6 nitrogen and oxygen atoms in total. The van der Waals surface area contributed by atoms with E-state index in [9.17, 15) is 22.8 Å². The van der Waals surface area contributed by atoms with Crippen LogP contribution in [0, 0.1) is 5.92 Å². The minimum atomic E-state index is -5.18. The zero-order chi connectivity index (χ0) is 22.7. The van der Waals surface area contributed by atoms with Gasteiger partial charge in [0.2, 0.25) is 5.95 Å². The molecule has 1 aromatic heterocycles. The number of nitrogens with zero attached hydrogens (tertiary/aromatic N) is 3. The standard InChI is InChI=1S/C23H22F3N3O3/c24-23(25,26)21(31)32-20(30)17-11-13-28(14-12-17)22-27-18-8-4-5-9-19(18)29(22)15-10-16-6-2-1-3-7-16/h1-9,17H,10-15H2. The number of piperidine rings is 1. The first-order valence-corrected chi connectivity index (χ1v) is 10.4. The van der Waals surface area contributed by atoms with Crippen LogP contribution in [0.1, 0.15) is 18.4 Å². The SMILES string of the molecule is O=C(OC(=O)C(F)(F)F)C1CCN(c2nc3ccccc3n2CCc2ccccc2)CC1. The van der Waals surface area contributed by atoms with E-state index in [-0.39, 0.29) is 12.8 Å². The lowest BCUT2D eigenvalue weighted by molar-refractivity contribution is -0.203. The molecule has 0 bridgehead atoms. The first-order valence-electron chi connectivity index (χ1n) is 10.4. The van der Waals surface area contributed by atoms with Gasteiger partial charge in [0.05, 0.1) is 17.0 Å². The lowest BCUT2D eigenvalue weighted by atomic mass is 9.97. The van der Waals surface area contributed by atoms with Gasteiger partial charge in [-0.25, -0.2) is 9.78 Å². The first kappa shape index (κ1) is 21.9. The molecule has 3 aromatic rings. The van der Waals surface area contributed by atoms with Crippen LogP contribution in [0.25, 0.3) is 11.0 Å². The summed E-state index contributed by atoms with van der Waals surface area (Å²) < 4.78 is 43.2. The van der Waals surface area contributed by atoms with Crippen LogP contribution >= 0.6 is 0 Å². The molecule has 0 amide bonds. The number of carbonyl (C=O) groups is 2. The molecule has 9 heteroatoms.